The lowest BCUT2D eigenvalue weighted by molar-refractivity contribution is -0.119. The molecule has 1 aromatic carbocycles. The number of benzene rings is 1. The van der Waals surface area contributed by atoms with Gasteiger partial charge in [0.1, 0.15) is 11.6 Å². The Morgan fingerprint density at radius 3 is 2.22 bits per heavy atom. The highest BCUT2D eigenvalue weighted by Gasteiger charge is 2.27. The fourth-order valence-corrected chi connectivity index (χ4v) is 2.13. The van der Waals surface area contributed by atoms with Crippen LogP contribution in [0.5, 0.6) is 0 Å². The lowest BCUT2D eigenvalue weighted by atomic mass is 10.0. The lowest BCUT2D eigenvalue weighted by Gasteiger charge is -2.25. The zero-order valence-electron chi connectivity index (χ0n) is 15.1. The normalized spacial score (nSPS) is 12.7. The maximum atomic E-state index is 12.5. The summed E-state index contributed by atoms with van der Waals surface area (Å²) in [5.41, 5.74) is 2.26. The SMILES string of the molecule is Cc1ccc(NC(=O)C(NC(=O)OC(C)(C)C)C(C)C)c(C)c1. The van der Waals surface area contributed by atoms with Crippen LogP contribution in [0.4, 0.5) is 10.5 Å². The molecule has 1 atom stereocenters. The third-order valence-electron chi connectivity index (χ3n) is 3.26. The number of aryl methyl sites for hydroxylation is 2. The molecule has 0 aliphatic heterocycles. The molecular weight excluding hydrogens is 292 g/mol. The van der Waals surface area contributed by atoms with E-state index in [-0.39, 0.29) is 11.8 Å². The maximum Gasteiger partial charge on any atom is 0.408 e. The summed E-state index contributed by atoms with van der Waals surface area (Å²) in [6.45, 7) is 13.0. The van der Waals surface area contributed by atoms with Crippen molar-refractivity contribution in [2.24, 2.45) is 5.92 Å². The van der Waals surface area contributed by atoms with Crippen molar-refractivity contribution < 1.29 is 14.3 Å². The average Bonchev–Trinajstić information content (AvgIpc) is 2.36. The van der Waals surface area contributed by atoms with Crippen LogP contribution in [0.25, 0.3) is 0 Å². The van der Waals surface area contributed by atoms with Crippen molar-refractivity contribution in [3.8, 4) is 0 Å². The Balaban J connectivity index is 2.81. The van der Waals surface area contributed by atoms with E-state index in [1.807, 2.05) is 45.9 Å². The summed E-state index contributed by atoms with van der Waals surface area (Å²) in [7, 11) is 0. The molecule has 2 amide bonds. The van der Waals surface area contributed by atoms with E-state index < -0.39 is 17.7 Å². The molecule has 0 heterocycles. The Labute approximate surface area is 138 Å². The third-order valence-corrected chi connectivity index (χ3v) is 3.26. The van der Waals surface area contributed by atoms with Crippen LogP contribution in [-0.4, -0.2) is 23.6 Å². The van der Waals surface area contributed by atoms with E-state index in [2.05, 4.69) is 10.6 Å². The molecule has 5 nitrogen and oxygen atoms in total. The van der Waals surface area contributed by atoms with Crippen LogP contribution in [0.15, 0.2) is 18.2 Å². The monoisotopic (exact) mass is 320 g/mol. The van der Waals surface area contributed by atoms with Crippen LogP contribution >= 0.6 is 0 Å². The van der Waals surface area contributed by atoms with Gasteiger partial charge in [-0.2, -0.15) is 0 Å². The minimum absolute atomic E-state index is 0.0618. The van der Waals surface area contributed by atoms with Crippen LogP contribution in [0.1, 0.15) is 45.7 Å². The minimum Gasteiger partial charge on any atom is -0.444 e. The number of anilines is 1. The minimum atomic E-state index is -0.662. The molecule has 0 saturated heterocycles. The number of rotatable bonds is 4. The highest BCUT2D eigenvalue weighted by Crippen LogP contribution is 2.17. The molecular formula is C18H28N2O3. The van der Waals surface area contributed by atoms with Crippen LogP contribution in [0.2, 0.25) is 0 Å². The molecule has 128 valence electrons. The first-order chi connectivity index (χ1) is 10.5. The standard InChI is InChI=1S/C18H28N2O3/c1-11(2)15(20-17(22)23-18(5,6)7)16(21)19-14-9-8-12(3)10-13(14)4/h8-11,15H,1-7H3,(H,19,21)(H,20,22). The summed E-state index contributed by atoms with van der Waals surface area (Å²) in [4.78, 5) is 24.4. The summed E-state index contributed by atoms with van der Waals surface area (Å²) < 4.78 is 5.23. The highest BCUT2D eigenvalue weighted by molar-refractivity contribution is 5.97. The van der Waals surface area contributed by atoms with Gasteiger partial charge >= 0.3 is 6.09 Å². The van der Waals surface area contributed by atoms with E-state index >= 15 is 0 Å². The van der Waals surface area contributed by atoms with Gasteiger partial charge in [0.2, 0.25) is 5.91 Å². The molecule has 0 saturated carbocycles. The zero-order valence-corrected chi connectivity index (χ0v) is 15.1. The number of ether oxygens (including phenoxy) is 1. The molecule has 0 aliphatic rings. The van der Waals surface area contributed by atoms with Crippen molar-refractivity contribution in [3.05, 3.63) is 29.3 Å². The number of alkyl carbamates (subject to hydrolysis) is 1. The first-order valence-electron chi connectivity index (χ1n) is 7.87. The van der Waals surface area contributed by atoms with Crippen LogP contribution in [0.3, 0.4) is 0 Å². The first-order valence-corrected chi connectivity index (χ1v) is 7.87. The molecule has 0 radical (unpaired) electrons. The van der Waals surface area contributed by atoms with Crippen LogP contribution in [-0.2, 0) is 9.53 Å². The largest absolute Gasteiger partial charge is 0.444 e. The second kappa shape index (κ2) is 7.49. The average molecular weight is 320 g/mol. The second-order valence-electron chi connectivity index (χ2n) is 7.18. The molecule has 5 heteroatoms. The smallest absolute Gasteiger partial charge is 0.408 e. The number of nitrogens with one attached hydrogen (secondary N) is 2. The second-order valence-corrected chi connectivity index (χ2v) is 7.18. The van der Waals surface area contributed by atoms with Crippen molar-refractivity contribution in [2.45, 2.75) is 60.1 Å². The Hall–Kier alpha value is -2.04. The van der Waals surface area contributed by atoms with Gasteiger partial charge in [0.25, 0.3) is 0 Å². The van der Waals surface area contributed by atoms with Gasteiger partial charge < -0.3 is 15.4 Å². The molecule has 23 heavy (non-hydrogen) atoms. The van der Waals surface area contributed by atoms with E-state index in [1.54, 1.807) is 20.8 Å². The van der Waals surface area contributed by atoms with Gasteiger partial charge in [0.15, 0.2) is 0 Å². The Morgan fingerprint density at radius 2 is 1.74 bits per heavy atom. The van der Waals surface area contributed by atoms with E-state index in [9.17, 15) is 9.59 Å². The summed E-state index contributed by atoms with van der Waals surface area (Å²) in [5.74, 6) is -0.314. The number of carbonyl (C=O) groups excluding carboxylic acids is 2. The number of amides is 2. The molecule has 0 fully saturated rings. The first kappa shape index (κ1) is 19.0. The fraction of sp³-hybridized carbons (Fsp3) is 0.556. The molecule has 1 aromatic rings. The van der Waals surface area contributed by atoms with Gasteiger partial charge in [-0.3, -0.25) is 4.79 Å². The van der Waals surface area contributed by atoms with Crippen LogP contribution < -0.4 is 10.6 Å². The molecule has 0 bridgehead atoms. The van der Waals surface area contributed by atoms with Crippen molar-refractivity contribution in [1.29, 1.82) is 0 Å². The van der Waals surface area contributed by atoms with Gasteiger partial charge in [-0.15, -0.1) is 0 Å². The van der Waals surface area contributed by atoms with Gasteiger partial charge in [-0.05, 0) is 52.2 Å². The van der Waals surface area contributed by atoms with Crippen molar-refractivity contribution in [2.75, 3.05) is 5.32 Å². The van der Waals surface area contributed by atoms with E-state index in [0.29, 0.717) is 0 Å². The molecule has 0 aliphatic carbocycles. The maximum absolute atomic E-state index is 12.5. The summed E-state index contributed by atoms with van der Waals surface area (Å²) >= 11 is 0. The Kier molecular flexibility index (Phi) is 6.19. The number of hydrogen-bond donors (Lipinski definition) is 2. The quantitative estimate of drug-likeness (QED) is 0.887. The van der Waals surface area contributed by atoms with Crippen molar-refractivity contribution in [1.82, 2.24) is 5.32 Å². The van der Waals surface area contributed by atoms with E-state index in [4.69, 9.17) is 4.74 Å². The predicted octanol–water partition coefficient (Wildman–Crippen LogP) is 3.79. The van der Waals surface area contributed by atoms with Crippen molar-refractivity contribution in [3.63, 3.8) is 0 Å². The van der Waals surface area contributed by atoms with Gasteiger partial charge in [-0.25, -0.2) is 4.79 Å². The molecule has 0 aromatic heterocycles. The summed E-state index contributed by atoms with van der Waals surface area (Å²) in [5, 5.41) is 5.53. The predicted molar refractivity (Wildman–Crippen MR) is 92.5 cm³/mol. The molecule has 2 N–H and O–H groups in total. The number of carbonyl (C=O) groups is 2. The number of hydrogen-bond acceptors (Lipinski definition) is 3. The molecule has 0 spiro atoms. The third kappa shape index (κ3) is 6.30. The molecule has 1 rings (SSSR count). The van der Waals surface area contributed by atoms with Crippen molar-refractivity contribution >= 4 is 17.7 Å². The van der Waals surface area contributed by atoms with Gasteiger partial charge in [0.05, 0.1) is 0 Å². The van der Waals surface area contributed by atoms with Crippen LogP contribution in [0, 0.1) is 19.8 Å². The van der Waals surface area contributed by atoms with Gasteiger partial charge in [0, 0.05) is 5.69 Å². The Morgan fingerprint density at radius 1 is 1.13 bits per heavy atom. The van der Waals surface area contributed by atoms with E-state index in [1.165, 1.54) is 0 Å². The zero-order chi connectivity index (χ0) is 17.8. The summed E-state index contributed by atoms with van der Waals surface area (Å²) in [6.07, 6.45) is -0.591. The topological polar surface area (TPSA) is 67.4 Å². The van der Waals surface area contributed by atoms with Gasteiger partial charge in [-0.1, -0.05) is 31.5 Å². The van der Waals surface area contributed by atoms with E-state index in [0.717, 1.165) is 16.8 Å². The lowest BCUT2D eigenvalue weighted by Crippen LogP contribution is -2.48. The summed E-state index contributed by atoms with van der Waals surface area (Å²) in [6, 6.07) is 5.15. The fourth-order valence-electron chi connectivity index (χ4n) is 2.13. The Bertz CT molecular complexity index is 574. The molecule has 1 unspecified atom stereocenters. The highest BCUT2D eigenvalue weighted by atomic mass is 16.6.